The highest BCUT2D eigenvalue weighted by Crippen LogP contribution is 2.34. The zero-order chi connectivity index (χ0) is 14.7. The molecule has 2 heterocycles. The van der Waals surface area contributed by atoms with Crippen LogP contribution in [0.5, 0.6) is 0 Å². The molecule has 1 aliphatic rings. The molecule has 3 nitrogen and oxygen atoms in total. The summed E-state index contributed by atoms with van der Waals surface area (Å²) in [5.74, 6) is 0.800. The molecule has 0 atom stereocenters. The van der Waals surface area contributed by atoms with Crippen LogP contribution in [0.3, 0.4) is 0 Å². The number of unbranched alkanes of at least 4 members (excludes halogenated alkanes) is 1. The molecule has 1 aromatic heterocycles. The smallest absolute Gasteiger partial charge is 0.0950 e. The normalized spacial score (nSPS) is 13.5. The van der Waals surface area contributed by atoms with Crippen molar-refractivity contribution >= 4 is 5.69 Å². The van der Waals surface area contributed by atoms with Crippen LogP contribution in [0.4, 0.5) is 5.69 Å². The van der Waals surface area contributed by atoms with Gasteiger partial charge in [0.1, 0.15) is 0 Å². The van der Waals surface area contributed by atoms with E-state index in [-0.39, 0.29) is 0 Å². The van der Waals surface area contributed by atoms with Gasteiger partial charge in [-0.25, -0.2) is 4.98 Å². The van der Waals surface area contributed by atoms with E-state index in [4.69, 9.17) is 0 Å². The third-order valence-electron chi connectivity index (χ3n) is 4.27. The number of hydrogen-bond donors (Lipinski definition) is 1. The van der Waals surface area contributed by atoms with E-state index < -0.39 is 0 Å². The second-order valence-electron chi connectivity index (χ2n) is 6.38. The van der Waals surface area contributed by atoms with Crippen LogP contribution in [0.1, 0.15) is 38.7 Å². The second-order valence-corrected chi connectivity index (χ2v) is 6.38. The SMILES string of the molecule is CC(C)CCCCn1cncc1-c1cccc2c1NCC2. The second kappa shape index (κ2) is 6.33. The van der Waals surface area contributed by atoms with Crippen LogP contribution >= 0.6 is 0 Å². The molecule has 3 rings (SSSR count). The van der Waals surface area contributed by atoms with Gasteiger partial charge in [-0.05, 0) is 24.3 Å². The van der Waals surface area contributed by atoms with Gasteiger partial charge in [-0.15, -0.1) is 0 Å². The molecule has 112 valence electrons. The van der Waals surface area contributed by atoms with Gasteiger partial charge in [-0.1, -0.05) is 44.9 Å². The summed E-state index contributed by atoms with van der Waals surface area (Å²) in [6.45, 7) is 6.70. The van der Waals surface area contributed by atoms with Crippen molar-refractivity contribution in [3.63, 3.8) is 0 Å². The maximum Gasteiger partial charge on any atom is 0.0950 e. The fourth-order valence-electron chi connectivity index (χ4n) is 3.11. The maximum atomic E-state index is 4.37. The predicted molar refractivity (Wildman–Crippen MR) is 88.5 cm³/mol. The Morgan fingerprint density at radius 1 is 1.29 bits per heavy atom. The minimum Gasteiger partial charge on any atom is -0.384 e. The summed E-state index contributed by atoms with van der Waals surface area (Å²) in [5, 5.41) is 3.53. The van der Waals surface area contributed by atoms with E-state index in [0.717, 1.165) is 25.4 Å². The van der Waals surface area contributed by atoms with Gasteiger partial charge in [0.15, 0.2) is 0 Å². The first-order chi connectivity index (χ1) is 10.3. The number of fused-ring (bicyclic) bond motifs is 1. The Bertz CT molecular complexity index is 598. The average molecular weight is 283 g/mol. The highest BCUT2D eigenvalue weighted by Gasteiger charge is 2.16. The molecule has 0 unspecified atom stereocenters. The molecule has 2 aromatic rings. The monoisotopic (exact) mass is 283 g/mol. The van der Waals surface area contributed by atoms with Crippen molar-refractivity contribution in [1.29, 1.82) is 0 Å². The van der Waals surface area contributed by atoms with Crippen LogP contribution in [0.25, 0.3) is 11.3 Å². The quantitative estimate of drug-likeness (QED) is 0.799. The molecule has 1 N–H and O–H groups in total. The lowest BCUT2D eigenvalue weighted by Gasteiger charge is -2.12. The average Bonchev–Trinajstić information content (AvgIpc) is 3.11. The van der Waals surface area contributed by atoms with E-state index in [0.29, 0.717) is 0 Å². The molecule has 0 radical (unpaired) electrons. The van der Waals surface area contributed by atoms with Gasteiger partial charge in [0, 0.05) is 24.3 Å². The third kappa shape index (κ3) is 3.12. The first-order valence-corrected chi connectivity index (χ1v) is 8.12. The summed E-state index contributed by atoms with van der Waals surface area (Å²) in [5.41, 5.74) is 5.28. The molecule has 0 spiro atoms. The van der Waals surface area contributed by atoms with Crippen molar-refractivity contribution in [2.75, 3.05) is 11.9 Å². The van der Waals surface area contributed by atoms with Gasteiger partial charge in [-0.2, -0.15) is 0 Å². The largest absolute Gasteiger partial charge is 0.384 e. The minimum atomic E-state index is 0.800. The number of rotatable bonds is 6. The molecule has 0 fully saturated rings. The van der Waals surface area contributed by atoms with Crippen LogP contribution in [0.2, 0.25) is 0 Å². The molecular weight excluding hydrogens is 258 g/mol. The number of para-hydroxylation sites is 1. The van der Waals surface area contributed by atoms with Gasteiger partial charge < -0.3 is 9.88 Å². The molecule has 21 heavy (non-hydrogen) atoms. The zero-order valence-electron chi connectivity index (χ0n) is 13.1. The molecule has 0 amide bonds. The highest BCUT2D eigenvalue weighted by atomic mass is 15.0. The van der Waals surface area contributed by atoms with Gasteiger partial charge in [-0.3, -0.25) is 0 Å². The highest BCUT2D eigenvalue weighted by molar-refractivity contribution is 5.79. The molecule has 0 saturated heterocycles. The van der Waals surface area contributed by atoms with Crippen molar-refractivity contribution in [3.8, 4) is 11.3 Å². The first-order valence-electron chi connectivity index (χ1n) is 8.12. The number of hydrogen-bond acceptors (Lipinski definition) is 2. The lowest BCUT2D eigenvalue weighted by molar-refractivity contribution is 0.510. The van der Waals surface area contributed by atoms with Gasteiger partial charge in [0.05, 0.1) is 18.2 Å². The number of aromatic nitrogens is 2. The lowest BCUT2D eigenvalue weighted by atomic mass is 10.0. The Morgan fingerprint density at radius 3 is 3.05 bits per heavy atom. The van der Waals surface area contributed by atoms with Crippen LogP contribution in [0.15, 0.2) is 30.7 Å². The fraction of sp³-hybridized carbons (Fsp3) is 0.500. The van der Waals surface area contributed by atoms with Crippen LogP contribution < -0.4 is 5.32 Å². The molecule has 0 bridgehead atoms. The Kier molecular flexibility index (Phi) is 4.28. The predicted octanol–water partition coefficient (Wildman–Crippen LogP) is 4.34. The fourth-order valence-corrected chi connectivity index (χ4v) is 3.11. The molecule has 0 saturated carbocycles. The van der Waals surface area contributed by atoms with E-state index in [1.165, 1.54) is 41.8 Å². The van der Waals surface area contributed by atoms with E-state index in [1.54, 1.807) is 0 Å². The number of nitrogens with one attached hydrogen (secondary N) is 1. The van der Waals surface area contributed by atoms with Gasteiger partial charge in [0.25, 0.3) is 0 Å². The number of nitrogens with zero attached hydrogens (tertiary/aromatic N) is 2. The van der Waals surface area contributed by atoms with E-state index in [9.17, 15) is 0 Å². The van der Waals surface area contributed by atoms with Crippen LogP contribution in [-0.2, 0) is 13.0 Å². The molecular formula is C18H25N3. The van der Waals surface area contributed by atoms with Crippen molar-refractivity contribution in [1.82, 2.24) is 9.55 Å². The molecule has 1 aromatic carbocycles. The van der Waals surface area contributed by atoms with Crippen LogP contribution in [0, 0.1) is 5.92 Å². The van der Waals surface area contributed by atoms with Gasteiger partial charge >= 0.3 is 0 Å². The lowest BCUT2D eigenvalue weighted by Crippen LogP contribution is -2.01. The Hall–Kier alpha value is -1.77. The van der Waals surface area contributed by atoms with E-state index in [2.05, 4.69) is 46.9 Å². The van der Waals surface area contributed by atoms with E-state index >= 15 is 0 Å². The summed E-state index contributed by atoms with van der Waals surface area (Å²) in [7, 11) is 0. The van der Waals surface area contributed by atoms with E-state index in [1.807, 2.05) is 12.5 Å². The standard InChI is InChI=1S/C18H25N3/c1-14(2)6-3-4-11-21-13-19-12-17(21)16-8-5-7-15-9-10-20-18(15)16/h5,7-8,12-14,20H,3-4,6,9-11H2,1-2H3. The summed E-state index contributed by atoms with van der Waals surface area (Å²) in [6.07, 6.45) is 8.93. The summed E-state index contributed by atoms with van der Waals surface area (Å²) in [4.78, 5) is 4.37. The summed E-state index contributed by atoms with van der Waals surface area (Å²) in [6, 6.07) is 6.60. The van der Waals surface area contributed by atoms with Crippen LogP contribution in [-0.4, -0.2) is 16.1 Å². The first kappa shape index (κ1) is 14.2. The maximum absolute atomic E-state index is 4.37. The Morgan fingerprint density at radius 2 is 2.19 bits per heavy atom. The number of benzene rings is 1. The van der Waals surface area contributed by atoms with Gasteiger partial charge in [0.2, 0.25) is 0 Å². The third-order valence-corrected chi connectivity index (χ3v) is 4.27. The number of imidazole rings is 1. The molecule has 3 heteroatoms. The zero-order valence-corrected chi connectivity index (χ0v) is 13.1. The summed E-state index contributed by atoms with van der Waals surface area (Å²) >= 11 is 0. The molecule has 0 aliphatic carbocycles. The van der Waals surface area contributed by atoms with Crippen molar-refractivity contribution in [3.05, 3.63) is 36.3 Å². The molecule has 1 aliphatic heterocycles. The van der Waals surface area contributed by atoms with Crippen molar-refractivity contribution in [2.45, 2.75) is 46.1 Å². The topological polar surface area (TPSA) is 29.9 Å². The number of anilines is 1. The van der Waals surface area contributed by atoms with Crippen molar-refractivity contribution < 1.29 is 0 Å². The minimum absolute atomic E-state index is 0.800. The Balaban J connectivity index is 1.75. The number of aryl methyl sites for hydroxylation is 1. The summed E-state index contributed by atoms with van der Waals surface area (Å²) < 4.78 is 2.30. The van der Waals surface area contributed by atoms with Crippen molar-refractivity contribution in [2.24, 2.45) is 5.92 Å². The Labute approximate surface area is 127 Å².